The van der Waals surface area contributed by atoms with Gasteiger partial charge in [-0.05, 0) is 12.1 Å². The van der Waals surface area contributed by atoms with E-state index in [2.05, 4.69) is 11.2 Å². The molecule has 0 atom stereocenters. The topological polar surface area (TPSA) is 78.7 Å². The second-order valence-corrected chi connectivity index (χ2v) is 5.70. The molecule has 1 aromatic carbocycles. The molecule has 1 heterocycles. The molecule has 2 rings (SSSR count). The van der Waals surface area contributed by atoms with Crippen molar-refractivity contribution < 1.29 is 22.9 Å². The average Bonchev–Trinajstić information content (AvgIpc) is 2.59. The molecule has 0 saturated carbocycles. The quantitative estimate of drug-likeness (QED) is 0.483. The van der Waals surface area contributed by atoms with Crippen LogP contribution in [0.3, 0.4) is 0 Å². The number of amides is 1. The summed E-state index contributed by atoms with van der Waals surface area (Å²) >= 11 is 0. The highest BCUT2D eigenvalue weighted by Crippen LogP contribution is 2.36. The van der Waals surface area contributed by atoms with E-state index in [0.29, 0.717) is 32.2 Å². The summed E-state index contributed by atoms with van der Waals surface area (Å²) in [6.07, 6.45) is 0.413. The third-order valence-electron chi connectivity index (χ3n) is 3.97. The molecule has 0 aromatic heterocycles. The fourth-order valence-corrected chi connectivity index (χ4v) is 2.67. The number of hydrogen-bond acceptors (Lipinski definition) is 5. The maximum absolute atomic E-state index is 12.8. The first-order chi connectivity index (χ1) is 12.2. The molecule has 0 unspecified atom stereocenters. The van der Waals surface area contributed by atoms with Crippen molar-refractivity contribution in [3.8, 4) is 12.3 Å². The van der Waals surface area contributed by atoms with Gasteiger partial charge in [0.15, 0.2) is 0 Å². The molecular formula is C16H17F3N4O3. The molecule has 1 N–H and O–H groups in total. The molecule has 1 aromatic rings. The number of rotatable bonds is 5. The summed E-state index contributed by atoms with van der Waals surface area (Å²) in [5, 5.41) is 13.7. The minimum Gasteiger partial charge on any atom is -0.363 e. The van der Waals surface area contributed by atoms with E-state index in [9.17, 15) is 28.1 Å². The molecule has 26 heavy (non-hydrogen) atoms. The predicted octanol–water partition coefficient (Wildman–Crippen LogP) is 1.48. The van der Waals surface area contributed by atoms with Crippen LogP contribution < -0.4 is 10.2 Å². The highest BCUT2D eigenvalue weighted by atomic mass is 19.4. The number of anilines is 1. The fraction of sp³-hybridized carbons (Fsp3) is 0.438. The first kappa shape index (κ1) is 19.5. The van der Waals surface area contributed by atoms with Crippen molar-refractivity contribution in [2.24, 2.45) is 0 Å². The number of nitro groups is 1. The first-order valence-electron chi connectivity index (χ1n) is 7.75. The Labute approximate surface area is 147 Å². The van der Waals surface area contributed by atoms with Gasteiger partial charge in [0, 0.05) is 32.2 Å². The van der Waals surface area contributed by atoms with Crippen molar-refractivity contribution >= 4 is 17.3 Å². The largest absolute Gasteiger partial charge is 0.416 e. The van der Waals surface area contributed by atoms with Crippen LogP contribution in [0.2, 0.25) is 0 Å². The lowest BCUT2D eigenvalue weighted by atomic mass is 10.1. The molecule has 1 aliphatic heterocycles. The van der Waals surface area contributed by atoms with Gasteiger partial charge >= 0.3 is 6.18 Å². The second-order valence-electron chi connectivity index (χ2n) is 5.70. The molecule has 1 saturated heterocycles. The van der Waals surface area contributed by atoms with Gasteiger partial charge in [-0.1, -0.05) is 5.92 Å². The fourth-order valence-electron chi connectivity index (χ4n) is 2.67. The van der Waals surface area contributed by atoms with Gasteiger partial charge in [-0.3, -0.25) is 19.8 Å². The molecule has 140 valence electrons. The molecule has 1 aliphatic rings. The van der Waals surface area contributed by atoms with Gasteiger partial charge in [0.25, 0.3) is 5.69 Å². The van der Waals surface area contributed by atoms with Crippen LogP contribution in [0.5, 0.6) is 0 Å². The van der Waals surface area contributed by atoms with Gasteiger partial charge < -0.3 is 10.2 Å². The number of carbonyl (C=O) groups is 1. The van der Waals surface area contributed by atoms with Crippen LogP contribution in [0.4, 0.5) is 24.5 Å². The van der Waals surface area contributed by atoms with Crippen molar-refractivity contribution in [2.45, 2.75) is 6.18 Å². The van der Waals surface area contributed by atoms with Crippen molar-refractivity contribution in [1.82, 2.24) is 10.2 Å². The molecule has 0 spiro atoms. The molecular weight excluding hydrogens is 353 g/mol. The Bertz CT molecular complexity index is 722. The van der Waals surface area contributed by atoms with E-state index >= 15 is 0 Å². The number of halogens is 3. The lowest BCUT2D eigenvalue weighted by molar-refractivity contribution is -0.384. The Morgan fingerprint density at radius 3 is 2.50 bits per heavy atom. The van der Waals surface area contributed by atoms with E-state index < -0.39 is 22.4 Å². The molecule has 1 amide bonds. The summed E-state index contributed by atoms with van der Waals surface area (Å²) < 4.78 is 38.3. The van der Waals surface area contributed by atoms with Gasteiger partial charge in [-0.15, -0.1) is 6.42 Å². The van der Waals surface area contributed by atoms with Crippen LogP contribution in [-0.4, -0.2) is 55.0 Å². The number of alkyl halides is 3. The van der Waals surface area contributed by atoms with Crippen LogP contribution in [0.25, 0.3) is 0 Å². The third kappa shape index (κ3) is 4.86. The SMILES string of the molecule is C#CCNC(=O)CN1CCN(c2ccc(C(F)(F)F)cc2[N+](=O)[O-])CC1. The zero-order valence-corrected chi connectivity index (χ0v) is 13.8. The van der Waals surface area contributed by atoms with Gasteiger partial charge in [0.05, 0.1) is 23.6 Å². The van der Waals surface area contributed by atoms with Crippen LogP contribution in [0, 0.1) is 22.5 Å². The van der Waals surface area contributed by atoms with Gasteiger partial charge in [-0.2, -0.15) is 13.2 Å². The summed E-state index contributed by atoms with van der Waals surface area (Å²) in [6, 6.07) is 2.51. The average molecular weight is 370 g/mol. The Balaban J connectivity index is 2.06. The summed E-state index contributed by atoms with van der Waals surface area (Å²) in [7, 11) is 0. The molecule has 1 fully saturated rings. The minimum absolute atomic E-state index is 0.135. The Morgan fingerprint density at radius 1 is 1.31 bits per heavy atom. The molecule has 7 nitrogen and oxygen atoms in total. The molecule has 0 aliphatic carbocycles. The van der Waals surface area contributed by atoms with E-state index in [1.54, 1.807) is 4.90 Å². The number of hydrogen-bond donors (Lipinski definition) is 1. The smallest absolute Gasteiger partial charge is 0.363 e. The standard InChI is InChI=1S/C16H17F3N4O3/c1-2-5-20-15(24)11-21-6-8-22(9-7-21)13-4-3-12(16(17,18)19)10-14(13)23(25)26/h1,3-4,10H,5-9,11H2,(H,20,24). The highest BCUT2D eigenvalue weighted by molar-refractivity contribution is 5.78. The number of nitro benzene ring substituents is 1. The molecule has 0 bridgehead atoms. The van der Waals surface area contributed by atoms with Crippen molar-refractivity contribution in [2.75, 3.05) is 44.2 Å². The highest BCUT2D eigenvalue weighted by Gasteiger charge is 2.34. The third-order valence-corrected chi connectivity index (χ3v) is 3.97. The van der Waals surface area contributed by atoms with Crippen LogP contribution in [0.15, 0.2) is 18.2 Å². The minimum atomic E-state index is -4.65. The summed E-state index contributed by atoms with van der Waals surface area (Å²) in [5.74, 6) is 2.07. The van der Waals surface area contributed by atoms with Crippen molar-refractivity contribution in [3.05, 3.63) is 33.9 Å². The molecule has 0 radical (unpaired) electrons. The number of terminal acetylenes is 1. The maximum Gasteiger partial charge on any atom is 0.416 e. The Hall–Kier alpha value is -2.80. The summed E-state index contributed by atoms with van der Waals surface area (Å²) in [6.45, 7) is 1.88. The Morgan fingerprint density at radius 2 is 1.96 bits per heavy atom. The number of carbonyl (C=O) groups excluding carboxylic acids is 1. The van der Waals surface area contributed by atoms with E-state index in [4.69, 9.17) is 6.42 Å². The number of nitrogens with zero attached hydrogens (tertiary/aromatic N) is 3. The predicted molar refractivity (Wildman–Crippen MR) is 88.6 cm³/mol. The number of piperazine rings is 1. The lowest BCUT2D eigenvalue weighted by Crippen LogP contribution is -2.49. The first-order valence-corrected chi connectivity index (χ1v) is 7.75. The van der Waals surface area contributed by atoms with E-state index in [1.807, 2.05) is 4.90 Å². The van der Waals surface area contributed by atoms with Gasteiger partial charge in [0.2, 0.25) is 5.91 Å². The molecule has 10 heteroatoms. The number of benzene rings is 1. The summed E-state index contributed by atoms with van der Waals surface area (Å²) in [4.78, 5) is 25.5. The van der Waals surface area contributed by atoms with Crippen molar-refractivity contribution in [3.63, 3.8) is 0 Å². The lowest BCUT2D eigenvalue weighted by Gasteiger charge is -2.35. The summed E-state index contributed by atoms with van der Waals surface area (Å²) in [5.41, 5.74) is -1.50. The normalized spacial score (nSPS) is 15.4. The maximum atomic E-state index is 12.8. The van der Waals surface area contributed by atoms with Gasteiger partial charge in [0.1, 0.15) is 5.69 Å². The Kier molecular flexibility index (Phi) is 6.05. The van der Waals surface area contributed by atoms with E-state index in [1.165, 1.54) is 0 Å². The number of nitrogens with one attached hydrogen (secondary N) is 1. The van der Waals surface area contributed by atoms with E-state index in [0.717, 1.165) is 12.1 Å². The monoisotopic (exact) mass is 370 g/mol. The van der Waals surface area contributed by atoms with E-state index in [-0.39, 0.29) is 24.7 Å². The van der Waals surface area contributed by atoms with Crippen LogP contribution in [0.1, 0.15) is 5.56 Å². The zero-order valence-electron chi connectivity index (χ0n) is 13.8. The van der Waals surface area contributed by atoms with Crippen LogP contribution >= 0.6 is 0 Å². The second kappa shape index (κ2) is 8.05. The van der Waals surface area contributed by atoms with Crippen molar-refractivity contribution in [1.29, 1.82) is 0 Å². The zero-order chi connectivity index (χ0) is 19.3. The van der Waals surface area contributed by atoms with Gasteiger partial charge in [-0.25, -0.2) is 0 Å². The van der Waals surface area contributed by atoms with Crippen LogP contribution in [-0.2, 0) is 11.0 Å².